The van der Waals surface area contributed by atoms with Gasteiger partial charge in [-0.1, -0.05) is 20.8 Å². The van der Waals surface area contributed by atoms with E-state index in [1.165, 1.54) is 6.42 Å². The molecule has 2 unspecified atom stereocenters. The molecule has 2 fully saturated rings. The highest BCUT2D eigenvalue weighted by molar-refractivity contribution is 5.95. The van der Waals surface area contributed by atoms with Gasteiger partial charge in [0.15, 0.2) is 0 Å². The SMILES string of the molecule is Cc1cc(C(=O)N2CC3(C)CC2CC(C)(C)C3)ccc1N. The molecule has 1 aliphatic carbocycles. The van der Waals surface area contributed by atoms with Crippen LogP contribution in [-0.4, -0.2) is 23.4 Å². The van der Waals surface area contributed by atoms with Crippen molar-refractivity contribution in [1.82, 2.24) is 4.90 Å². The molecule has 1 aromatic carbocycles. The molecular formula is C18H26N2O. The number of nitrogens with two attached hydrogens (primary N) is 1. The Bertz CT molecular complexity index is 593. The molecule has 0 spiro atoms. The molecule has 3 nitrogen and oxygen atoms in total. The third-order valence-electron chi connectivity index (χ3n) is 5.19. The summed E-state index contributed by atoms with van der Waals surface area (Å²) in [5.74, 6) is 0.171. The Hall–Kier alpha value is -1.51. The summed E-state index contributed by atoms with van der Waals surface area (Å²) in [7, 11) is 0. The van der Waals surface area contributed by atoms with Crippen molar-refractivity contribution in [3.63, 3.8) is 0 Å². The third-order valence-corrected chi connectivity index (χ3v) is 5.19. The van der Waals surface area contributed by atoms with Gasteiger partial charge < -0.3 is 10.6 Å². The molecule has 2 aliphatic rings. The van der Waals surface area contributed by atoms with Gasteiger partial charge >= 0.3 is 0 Å². The van der Waals surface area contributed by atoms with Gasteiger partial charge in [0.25, 0.3) is 5.91 Å². The van der Waals surface area contributed by atoms with E-state index in [2.05, 4.69) is 25.7 Å². The maximum Gasteiger partial charge on any atom is 0.254 e. The highest BCUT2D eigenvalue weighted by Crippen LogP contribution is 2.52. The summed E-state index contributed by atoms with van der Waals surface area (Å²) in [6, 6.07) is 6.02. The highest BCUT2D eigenvalue weighted by Gasteiger charge is 2.50. The van der Waals surface area contributed by atoms with Crippen LogP contribution in [0.15, 0.2) is 18.2 Å². The lowest BCUT2D eigenvalue weighted by Crippen LogP contribution is -2.37. The van der Waals surface area contributed by atoms with Crippen molar-refractivity contribution < 1.29 is 4.79 Å². The molecule has 2 atom stereocenters. The zero-order chi connectivity index (χ0) is 15.4. The van der Waals surface area contributed by atoms with E-state index in [1.807, 2.05) is 25.1 Å². The van der Waals surface area contributed by atoms with Crippen LogP contribution in [-0.2, 0) is 0 Å². The van der Waals surface area contributed by atoms with E-state index in [0.29, 0.717) is 11.5 Å². The van der Waals surface area contributed by atoms with Gasteiger partial charge in [0.2, 0.25) is 0 Å². The summed E-state index contributed by atoms with van der Waals surface area (Å²) in [5, 5.41) is 0. The van der Waals surface area contributed by atoms with E-state index in [0.717, 1.165) is 36.2 Å². The first-order valence-corrected chi connectivity index (χ1v) is 7.86. The summed E-state index contributed by atoms with van der Waals surface area (Å²) in [6.07, 6.45) is 3.47. The fourth-order valence-corrected chi connectivity index (χ4v) is 4.67. The van der Waals surface area contributed by atoms with Crippen LogP contribution in [0.3, 0.4) is 0 Å². The number of nitrogens with zero attached hydrogens (tertiary/aromatic N) is 1. The Kier molecular flexibility index (Phi) is 3.09. The van der Waals surface area contributed by atoms with Gasteiger partial charge in [0.1, 0.15) is 0 Å². The molecule has 1 amide bonds. The van der Waals surface area contributed by atoms with E-state index in [9.17, 15) is 4.79 Å². The number of carbonyl (C=O) groups excluding carboxylic acids is 1. The van der Waals surface area contributed by atoms with Crippen LogP contribution in [0.5, 0.6) is 0 Å². The number of fused-ring (bicyclic) bond motifs is 2. The van der Waals surface area contributed by atoms with Gasteiger partial charge in [0.05, 0.1) is 0 Å². The quantitative estimate of drug-likeness (QED) is 0.801. The minimum Gasteiger partial charge on any atom is -0.399 e. The molecule has 2 N–H and O–H groups in total. The minimum atomic E-state index is 0.171. The van der Waals surface area contributed by atoms with Crippen molar-refractivity contribution >= 4 is 11.6 Å². The minimum absolute atomic E-state index is 0.171. The van der Waals surface area contributed by atoms with E-state index in [1.54, 1.807) is 0 Å². The summed E-state index contributed by atoms with van der Waals surface area (Å²) in [4.78, 5) is 15.0. The van der Waals surface area contributed by atoms with Crippen molar-refractivity contribution in [2.75, 3.05) is 12.3 Å². The smallest absolute Gasteiger partial charge is 0.254 e. The van der Waals surface area contributed by atoms with Crippen molar-refractivity contribution in [2.24, 2.45) is 10.8 Å². The van der Waals surface area contributed by atoms with Crippen LogP contribution in [0.1, 0.15) is 56.0 Å². The molecule has 114 valence electrons. The molecule has 0 radical (unpaired) electrons. The molecule has 1 saturated heterocycles. The zero-order valence-electron chi connectivity index (χ0n) is 13.6. The summed E-state index contributed by atoms with van der Waals surface area (Å²) < 4.78 is 0. The number of hydrogen-bond donors (Lipinski definition) is 1. The van der Waals surface area contributed by atoms with Crippen LogP contribution in [0, 0.1) is 17.8 Å². The second-order valence-corrected chi connectivity index (χ2v) is 8.22. The third kappa shape index (κ3) is 2.54. The van der Waals surface area contributed by atoms with Gasteiger partial charge in [0, 0.05) is 23.8 Å². The van der Waals surface area contributed by atoms with Crippen LogP contribution in [0.4, 0.5) is 5.69 Å². The van der Waals surface area contributed by atoms with Crippen LogP contribution in [0.25, 0.3) is 0 Å². The van der Waals surface area contributed by atoms with Crippen molar-refractivity contribution in [2.45, 2.75) is 53.0 Å². The number of hydrogen-bond acceptors (Lipinski definition) is 2. The number of anilines is 1. The predicted octanol–water partition coefficient (Wildman–Crippen LogP) is 3.62. The first-order chi connectivity index (χ1) is 9.69. The lowest BCUT2D eigenvalue weighted by Gasteiger charge is -2.39. The normalized spacial score (nSPS) is 30.5. The molecule has 1 aromatic rings. The fraction of sp³-hybridized carbons (Fsp3) is 0.611. The highest BCUT2D eigenvalue weighted by atomic mass is 16.2. The van der Waals surface area contributed by atoms with Crippen molar-refractivity contribution in [1.29, 1.82) is 0 Å². The second kappa shape index (κ2) is 4.49. The van der Waals surface area contributed by atoms with Gasteiger partial charge in [-0.15, -0.1) is 0 Å². The number of likely N-dealkylation sites (tertiary alicyclic amines) is 1. The Morgan fingerprint density at radius 3 is 2.67 bits per heavy atom. The summed E-state index contributed by atoms with van der Waals surface area (Å²) in [5.41, 5.74) is 8.98. The lowest BCUT2D eigenvalue weighted by atomic mass is 9.65. The zero-order valence-corrected chi connectivity index (χ0v) is 13.6. The first-order valence-electron chi connectivity index (χ1n) is 7.86. The van der Waals surface area contributed by atoms with E-state index in [-0.39, 0.29) is 11.3 Å². The van der Waals surface area contributed by atoms with Crippen molar-refractivity contribution in [3.8, 4) is 0 Å². The van der Waals surface area contributed by atoms with Gasteiger partial charge in [-0.25, -0.2) is 0 Å². The summed E-state index contributed by atoms with van der Waals surface area (Å²) >= 11 is 0. The number of rotatable bonds is 1. The van der Waals surface area contributed by atoms with E-state index >= 15 is 0 Å². The average molecular weight is 286 g/mol. The monoisotopic (exact) mass is 286 g/mol. The topological polar surface area (TPSA) is 46.3 Å². The molecule has 2 bridgehead atoms. The molecule has 3 rings (SSSR count). The maximum absolute atomic E-state index is 12.9. The lowest BCUT2D eigenvalue weighted by molar-refractivity contribution is 0.0708. The van der Waals surface area contributed by atoms with Crippen LogP contribution in [0.2, 0.25) is 0 Å². The van der Waals surface area contributed by atoms with Crippen LogP contribution >= 0.6 is 0 Å². The predicted molar refractivity (Wildman–Crippen MR) is 86.2 cm³/mol. The van der Waals surface area contributed by atoms with Gasteiger partial charge in [-0.3, -0.25) is 4.79 Å². The van der Waals surface area contributed by atoms with Gasteiger partial charge in [-0.2, -0.15) is 0 Å². The largest absolute Gasteiger partial charge is 0.399 e. The number of aryl methyl sites for hydroxylation is 1. The van der Waals surface area contributed by atoms with Gasteiger partial charge in [-0.05, 0) is 60.8 Å². The molecule has 1 saturated carbocycles. The Balaban J connectivity index is 1.87. The number of amides is 1. The molecule has 1 aliphatic heterocycles. The average Bonchev–Trinajstić information content (AvgIpc) is 2.61. The van der Waals surface area contributed by atoms with E-state index in [4.69, 9.17) is 5.73 Å². The Morgan fingerprint density at radius 1 is 1.29 bits per heavy atom. The summed E-state index contributed by atoms with van der Waals surface area (Å²) in [6.45, 7) is 9.85. The molecule has 21 heavy (non-hydrogen) atoms. The number of benzene rings is 1. The second-order valence-electron chi connectivity index (χ2n) is 8.22. The number of nitrogen functional groups attached to an aromatic ring is 1. The Labute approximate surface area is 127 Å². The van der Waals surface area contributed by atoms with Crippen molar-refractivity contribution in [3.05, 3.63) is 29.3 Å². The number of carbonyl (C=O) groups is 1. The molecule has 3 heteroatoms. The van der Waals surface area contributed by atoms with E-state index < -0.39 is 0 Å². The molecular weight excluding hydrogens is 260 g/mol. The maximum atomic E-state index is 12.9. The fourth-order valence-electron chi connectivity index (χ4n) is 4.67. The molecule has 1 heterocycles. The Morgan fingerprint density at radius 2 is 2.00 bits per heavy atom. The standard InChI is InChI=1S/C18H26N2O/c1-12-7-13(5-6-15(12)19)16(21)20-11-18(4)9-14(20)8-17(2,3)10-18/h5-7,14H,8-11,19H2,1-4H3. The first kappa shape index (κ1) is 14.4. The van der Waals surface area contributed by atoms with Crippen LogP contribution < -0.4 is 5.73 Å². The molecule has 0 aromatic heterocycles.